The van der Waals surface area contributed by atoms with Gasteiger partial charge in [-0.3, -0.25) is 9.36 Å². The van der Waals surface area contributed by atoms with Crippen LogP contribution in [0.25, 0.3) is 10.9 Å². The zero-order valence-electron chi connectivity index (χ0n) is 25.3. The Bertz CT molecular complexity index is 1070. The zero-order valence-corrected chi connectivity index (χ0v) is 22.3. The number of benzene rings is 1. The van der Waals surface area contributed by atoms with Crippen molar-refractivity contribution in [2.75, 3.05) is 13.6 Å². The van der Waals surface area contributed by atoms with E-state index in [1.165, 1.54) is 38.5 Å². The van der Waals surface area contributed by atoms with Gasteiger partial charge in [0.25, 0.3) is 0 Å². The minimum atomic E-state index is -2.50. The van der Waals surface area contributed by atoms with Gasteiger partial charge < -0.3 is 10.1 Å². The number of hydrogen-bond acceptors (Lipinski definition) is 3. The molecule has 1 atom stereocenters. The lowest BCUT2D eigenvalue weighted by molar-refractivity contribution is 0.0904. The fourth-order valence-electron chi connectivity index (χ4n) is 5.11. The molecule has 0 aliphatic carbocycles. The van der Waals surface area contributed by atoms with E-state index in [1.807, 2.05) is 12.3 Å². The summed E-state index contributed by atoms with van der Waals surface area (Å²) in [5.41, 5.74) is 1.89. The molecular weight excluding hydrogens is 444 g/mol. The summed E-state index contributed by atoms with van der Waals surface area (Å²) >= 11 is 0. The second kappa shape index (κ2) is 16.4. The summed E-state index contributed by atoms with van der Waals surface area (Å²) in [6.45, 7) is 3.25. The van der Waals surface area contributed by atoms with Crippen molar-refractivity contribution in [3.63, 3.8) is 0 Å². The largest absolute Gasteiger partial charge is 0.497 e. The molecule has 2 aromatic rings. The molecule has 36 heavy (non-hydrogen) atoms. The van der Waals surface area contributed by atoms with Crippen molar-refractivity contribution in [3.05, 3.63) is 54.3 Å². The third-order valence-corrected chi connectivity index (χ3v) is 7.21. The Balaban J connectivity index is 1.43. The first-order valence-electron chi connectivity index (χ1n) is 15.8. The number of carbonyl (C=O) groups is 1. The van der Waals surface area contributed by atoms with Crippen LogP contribution in [0.3, 0.4) is 0 Å². The van der Waals surface area contributed by atoms with Gasteiger partial charge in [-0.25, -0.2) is 0 Å². The second-order valence-electron chi connectivity index (χ2n) is 10.2. The average molecular weight is 496 g/mol. The Hall–Kier alpha value is -2.33. The lowest BCUT2D eigenvalue weighted by Crippen LogP contribution is -2.23. The van der Waals surface area contributed by atoms with Crippen molar-refractivity contribution in [2.45, 2.75) is 109 Å². The van der Waals surface area contributed by atoms with Crippen LogP contribution in [0.2, 0.25) is 0 Å². The highest BCUT2D eigenvalue weighted by Gasteiger charge is 2.19. The van der Waals surface area contributed by atoms with E-state index in [9.17, 15) is 4.79 Å². The molecule has 0 amide bonds. The molecule has 0 spiro atoms. The van der Waals surface area contributed by atoms with Crippen LogP contribution >= 0.6 is 0 Å². The monoisotopic (exact) mass is 495 g/mol. The number of ether oxygens (including phenoxy) is 1. The Kier molecular flexibility index (Phi) is 11.0. The van der Waals surface area contributed by atoms with Crippen LogP contribution < -0.4 is 10.1 Å². The third-order valence-electron chi connectivity index (χ3n) is 7.21. The van der Waals surface area contributed by atoms with Gasteiger partial charge in [0.05, 0.1) is 16.7 Å². The molecule has 2 heterocycles. The number of aromatic nitrogens is 1. The normalized spacial score (nSPS) is 17.7. The Morgan fingerprint density at radius 1 is 1.08 bits per heavy atom. The maximum atomic E-state index is 13.2. The Labute approximate surface area is 223 Å². The molecule has 0 radical (unpaired) electrons. The number of unbranched alkanes of at least 4 members (excludes halogenated alkanes) is 8. The van der Waals surface area contributed by atoms with E-state index in [0.717, 1.165) is 74.4 Å². The molecule has 1 aliphatic heterocycles. The van der Waals surface area contributed by atoms with Gasteiger partial charge in [0.1, 0.15) is 5.75 Å². The van der Waals surface area contributed by atoms with Crippen LogP contribution in [-0.2, 0) is 6.42 Å². The molecule has 0 unspecified atom stereocenters. The molecule has 1 saturated heterocycles. The number of nitrogens with zero attached hydrogens (tertiary/aromatic N) is 1. The van der Waals surface area contributed by atoms with E-state index >= 15 is 0 Å². The molecule has 1 aromatic heterocycles. The summed E-state index contributed by atoms with van der Waals surface area (Å²) < 4.78 is 29.2. The van der Waals surface area contributed by atoms with Gasteiger partial charge in [-0.2, -0.15) is 0 Å². The fourth-order valence-corrected chi connectivity index (χ4v) is 5.11. The predicted octanol–water partition coefficient (Wildman–Crippen LogP) is 8.40. The van der Waals surface area contributed by atoms with Crippen molar-refractivity contribution < 1.29 is 13.6 Å². The summed E-state index contributed by atoms with van der Waals surface area (Å²) in [4.78, 5) is 13.2. The van der Waals surface area contributed by atoms with Gasteiger partial charge in [0.2, 0.25) is 5.91 Å². The number of rotatable bonds is 17. The molecule has 3 rings (SSSR count). The fraction of sp³-hybridized carbons (Fsp3) is 0.594. The molecule has 4 nitrogen and oxygen atoms in total. The number of fused-ring (bicyclic) bond motifs is 1. The van der Waals surface area contributed by atoms with Gasteiger partial charge in [0, 0.05) is 24.0 Å². The van der Waals surface area contributed by atoms with Crippen molar-refractivity contribution >= 4 is 16.8 Å². The summed E-state index contributed by atoms with van der Waals surface area (Å²) in [5, 5.41) is 4.42. The first-order valence-corrected chi connectivity index (χ1v) is 14.3. The minimum Gasteiger partial charge on any atom is -0.497 e. The van der Waals surface area contributed by atoms with Crippen LogP contribution in [0.15, 0.2) is 48.7 Å². The average Bonchev–Trinajstić information content (AvgIpc) is 3.53. The molecule has 1 N–H and O–H groups in total. The van der Waals surface area contributed by atoms with E-state index in [1.54, 1.807) is 16.7 Å². The zero-order chi connectivity index (χ0) is 27.9. The second-order valence-corrected chi connectivity index (χ2v) is 10.2. The third kappa shape index (κ3) is 9.28. The first-order chi connectivity index (χ1) is 18.9. The van der Waals surface area contributed by atoms with Gasteiger partial charge in [-0.05, 0) is 88.1 Å². The molecule has 198 valence electrons. The predicted molar refractivity (Wildman–Crippen MR) is 153 cm³/mol. The number of methoxy groups -OCH3 is 1. The van der Waals surface area contributed by atoms with Gasteiger partial charge in [-0.15, -0.1) is 0 Å². The first kappa shape index (κ1) is 24.0. The van der Waals surface area contributed by atoms with E-state index in [2.05, 4.69) is 36.5 Å². The highest BCUT2D eigenvalue weighted by atomic mass is 16.5. The standard InChI is InChI=1S/C32H48N2O2/c1-3-4-5-6-7-8-9-10-11-12-13-14-15-16-17-20-32(35)34-26-27(24-28-19-18-23-33-28)30-25-29(36-2)21-22-31(30)34/h7-8,10-11,21-22,25-26,28,33H,3-6,9,12-20,23-24H2,1-2H3/b8-7-,11-10-/t28-/m1/s1/i2D3. The van der Waals surface area contributed by atoms with Gasteiger partial charge in [0.15, 0.2) is 0 Å². The maximum Gasteiger partial charge on any atom is 0.231 e. The number of nitrogens with one attached hydrogen (secondary N) is 1. The molecule has 1 aromatic carbocycles. The lowest BCUT2D eigenvalue weighted by Gasteiger charge is -2.09. The minimum absolute atomic E-state index is 0.0980. The number of carbonyl (C=O) groups excluding carboxylic acids is 1. The van der Waals surface area contributed by atoms with E-state index in [0.29, 0.717) is 18.2 Å². The summed E-state index contributed by atoms with van der Waals surface area (Å²) in [6.07, 6.45) is 27.5. The van der Waals surface area contributed by atoms with Gasteiger partial charge in [-0.1, -0.05) is 63.3 Å². The molecule has 4 heteroatoms. The summed E-state index contributed by atoms with van der Waals surface area (Å²) in [5.74, 6) is 0.405. The van der Waals surface area contributed by atoms with E-state index in [-0.39, 0.29) is 5.91 Å². The highest BCUT2D eigenvalue weighted by molar-refractivity contribution is 5.95. The Morgan fingerprint density at radius 2 is 1.86 bits per heavy atom. The topological polar surface area (TPSA) is 43.3 Å². The van der Waals surface area contributed by atoms with Crippen LogP contribution in [0.4, 0.5) is 0 Å². The van der Waals surface area contributed by atoms with Gasteiger partial charge >= 0.3 is 0 Å². The van der Waals surface area contributed by atoms with Crippen LogP contribution in [0.5, 0.6) is 5.75 Å². The maximum absolute atomic E-state index is 13.2. The van der Waals surface area contributed by atoms with Crippen molar-refractivity contribution in [1.82, 2.24) is 9.88 Å². The number of allylic oxidation sites excluding steroid dienone is 4. The molecule has 1 aliphatic rings. The number of hydrogen-bond donors (Lipinski definition) is 1. The SMILES string of the molecule is [2H]C([2H])([2H])Oc1ccc2c(c1)c(C[C@H]1CCCN1)cn2C(=O)CCCCCCC/C=C\C/C=C\CCCCC. The summed E-state index contributed by atoms with van der Waals surface area (Å²) in [6, 6.07) is 5.62. The van der Waals surface area contributed by atoms with Crippen molar-refractivity contribution in [1.29, 1.82) is 0 Å². The molecule has 0 saturated carbocycles. The smallest absolute Gasteiger partial charge is 0.231 e. The van der Waals surface area contributed by atoms with E-state index in [4.69, 9.17) is 8.85 Å². The molecular formula is C32H48N2O2. The van der Waals surface area contributed by atoms with Crippen LogP contribution in [0.1, 0.15) is 111 Å². The van der Waals surface area contributed by atoms with Crippen LogP contribution in [0, 0.1) is 0 Å². The van der Waals surface area contributed by atoms with Crippen molar-refractivity contribution in [2.24, 2.45) is 0 Å². The Morgan fingerprint density at radius 3 is 2.61 bits per heavy atom. The lowest BCUT2D eigenvalue weighted by atomic mass is 10.0. The molecule has 1 fully saturated rings. The summed E-state index contributed by atoms with van der Waals surface area (Å²) in [7, 11) is -2.50. The highest BCUT2D eigenvalue weighted by Crippen LogP contribution is 2.28. The van der Waals surface area contributed by atoms with E-state index < -0.39 is 7.04 Å². The molecule has 0 bridgehead atoms. The quantitative estimate of drug-likeness (QED) is 0.177. The van der Waals surface area contributed by atoms with Crippen molar-refractivity contribution in [3.8, 4) is 5.75 Å². The van der Waals surface area contributed by atoms with Crippen LogP contribution in [-0.4, -0.2) is 30.1 Å².